The number of hydrogen-bond donors (Lipinski definition) is 0. The Kier molecular flexibility index (Phi) is 6.84. The molecule has 0 saturated carbocycles. The molecule has 0 N–H and O–H groups in total. The van der Waals surface area contributed by atoms with Crippen LogP contribution in [-0.4, -0.2) is 28.1 Å². The van der Waals surface area contributed by atoms with E-state index >= 15 is 0 Å². The van der Waals surface area contributed by atoms with Crippen molar-refractivity contribution in [1.29, 1.82) is 0 Å². The van der Waals surface area contributed by atoms with Gasteiger partial charge in [-0.05, 0) is 0 Å². The first-order chi connectivity index (χ1) is 7.38. The predicted octanol–water partition coefficient (Wildman–Crippen LogP) is 2.67. The van der Waals surface area contributed by atoms with Gasteiger partial charge >= 0.3 is 102 Å². The molecule has 0 saturated heterocycles. The molecule has 0 aliphatic heterocycles. The van der Waals surface area contributed by atoms with E-state index in [1.54, 1.807) is 0 Å². The molecule has 15 heavy (non-hydrogen) atoms. The van der Waals surface area contributed by atoms with Gasteiger partial charge in [0.1, 0.15) is 0 Å². The minimum absolute atomic E-state index is 0.423. The Morgan fingerprint density at radius 2 is 2.07 bits per heavy atom. The average Bonchev–Trinajstić information content (AvgIpc) is 2.30. The Labute approximate surface area is 102 Å². The Balaban J connectivity index is 2.58. The van der Waals surface area contributed by atoms with Gasteiger partial charge in [-0.25, -0.2) is 0 Å². The molecule has 0 amide bonds. The van der Waals surface area contributed by atoms with Gasteiger partial charge in [-0.1, -0.05) is 0 Å². The molecule has 0 aromatic heterocycles. The van der Waals surface area contributed by atoms with Crippen LogP contribution in [0.3, 0.4) is 0 Å². The fourth-order valence-electron chi connectivity index (χ4n) is 1.68. The number of hydrogen-bond acceptors (Lipinski definition) is 2. The monoisotopic (exact) mass is 314 g/mol. The van der Waals surface area contributed by atoms with Crippen molar-refractivity contribution in [2.75, 3.05) is 6.61 Å². The van der Waals surface area contributed by atoms with E-state index in [1.807, 2.05) is 18.2 Å². The van der Waals surface area contributed by atoms with Crippen LogP contribution in [0.15, 0.2) is 30.3 Å². The molecule has 2 nitrogen and oxygen atoms in total. The Morgan fingerprint density at radius 3 is 2.67 bits per heavy atom. The molecule has 0 radical (unpaired) electrons. The first-order valence-electron chi connectivity index (χ1n) is 5.48. The molecular weight excluding hydrogens is 295 g/mol. The van der Waals surface area contributed by atoms with Crippen LogP contribution < -0.4 is 0 Å². The van der Waals surface area contributed by atoms with Gasteiger partial charge in [0.15, 0.2) is 0 Å². The number of unbranched alkanes of at least 4 members (excludes halogenated alkanes) is 1. The molecule has 0 aliphatic rings. The summed E-state index contributed by atoms with van der Waals surface area (Å²) in [4.78, 5) is 0. The minimum atomic E-state index is -1.90. The molecule has 1 atom stereocenters. The van der Waals surface area contributed by atoms with E-state index in [1.165, 1.54) is 18.4 Å². The van der Waals surface area contributed by atoms with Gasteiger partial charge < -0.3 is 0 Å². The Hall–Kier alpha value is -0.221. The quantitative estimate of drug-likeness (QED) is 0.724. The van der Waals surface area contributed by atoms with Crippen LogP contribution in [0, 0.1) is 0 Å². The van der Waals surface area contributed by atoms with E-state index < -0.39 is 21.5 Å². The van der Waals surface area contributed by atoms with Gasteiger partial charge in [0.05, 0.1) is 0 Å². The topological polar surface area (TPSA) is 26.3 Å². The van der Waals surface area contributed by atoms with Crippen LogP contribution in [0.25, 0.3) is 0 Å². The third-order valence-corrected chi connectivity index (χ3v) is 3.48. The van der Waals surface area contributed by atoms with Crippen molar-refractivity contribution in [3.8, 4) is 0 Å². The third kappa shape index (κ3) is 4.89. The SMILES string of the molecule is CCCCC(C[O][SnH]=[O])c1ccccc1. The van der Waals surface area contributed by atoms with Crippen molar-refractivity contribution in [3.63, 3.8) is 0 Å². The van der Waals surface area contributed by atoms with E-state index in [4.69, 9.17) is 3.07 Å². The van der Waals surface area contributed by atoms with Crippen molar-refractivity contribution in [2.24, 2.45) is 0 Å². The second kappa shape index (κ2) is 7.99. The molecule has 0 spiro atoms. The molecule has 82 valence electrons. The van der Waals surface area contributed by atoms with Crippen LogP contribution in [0.1, 0.15) is 37.7 Å². The molecule has 0 fully saturated rings. The van der Waals surface area contributed by atoms with Crippen molar-refractivity contribution < 1.29 is 6.15 Å². The predicted molar refractivity (Wildman–Crippen MR) is 62.5 cm³/mol. The summed E-state index contributed by atoms with van der Waals surface area (Å²) in [5.41, 5.74) is 1.31. The molecule has 3 heteroatoms. The Bertz CT molecular complexity index is 274. The maximum atomic E-state index is 10.5. The number of benzene rings is 1. The molecule has 1 aromatic rings. The van der Waals surface area contributed by atoms with Crippen LogP contribution in [-0.2, 0) is 6.15 Å². The fourth-order valence-corrected chi connectivity index (χ4v) is 2.56. The summed E-state index contributed by atoms with van der Waals surface area (Å²) in [5, 5.41) is 0. The van der Waals surface area contributed by atoms with Crippen LogP contribution in [0.2, 0.25) is 0 Å². The Morgan fingerprint density at radius 1 is 1.33 bits per heavy atom. The van der Waals surface area contributed by atoms with E-state index in [-0.39, 0.29) is 0 Å². The summed E-state index contributed by atoms with van der Waals surface area (Å²) < 4.78 is 15.7. The molecule has 1 aromatic carbocycles. The summed E-state index contributed by atoms with van der Waals surface area (Å²) in [6.45, 7) is 2.82. The van der Waals surface area contributed by atoms with E-state index in [2.05, 4.69) is 19.1 Å². The molecule has 1 unspecified atom stereocenters. The standard InChI is InChI=1S/C12H17O.O.Sn.H/c1-2-3-7-12(10-13)11-8-5-4-6-9-11;;;/h4-6,8-9,12H,2-3,7,10H2,1H3;;;/q-1;;+1;. The second-order valence-electron chi connectivity index (χ2n) is 3.68. The van der Waals surface area contributed by atoms with Crippen molar-refractivity contribution in [1.82, 2.24) is 0 Å². The van der Waals surface area contributed by atoms with Gasteiger partial charge in [0.2, 0.25) is 0 Å². The van der Waals surface area contributed by atoms with Crippen LogP contribution in [0.5, 0.6) is 0 Å². The fraction of sp³-hybridized carbons (Fsp3) is 0.500. The summed E-state index contributed by atoms with van der Waals surface area (Å²) in [7, 11) is 0. The van der Waals surface area contributed by atoms with E-state index in [0.29, 0.717) is 12.5 Å². The van der Waals surface area contributed by atoms with E-state index in [9.17, 15) is 3.08 Å². The maximum absolute atomic E-state index is 10.5. The van der Waals surface area contributed by atoms with Gasteiger partial charge in [-0.3, -0.25) is 0 Å². The van der Waals surface area contributed by atoms with Crippen molar-refractivity contribution >= 4 is 21.5 Å². The van der Waals surface area contributed by atoms with Crippen molar-refractivity contribution in [2.45, 2.75) is 32.1 Å². The summed E-state index contributed by atoms with van der Waals surface area (Å²) >= 11 is -1.90. The van der Waals surface area contributed by atoms with Gasteiger partial charge in [0, 0.05) is 0 Å². The first-order valence-corrected chi connectivity index (χ1v) is 8.17. The van der Waals surface area contributed by atoms with E-state index in [0.717, 1.165) is 6.42 Å². The average molecular weight is 313 g/mol. The summed E-state index contributed by atoms with van der Waals surface area (Å²) in [6, 6.07) is 10.4. The molecular formula is C12H18O2Sn. The first kappa shape index (κ1) is 12.8. The summed E-state index contributed by atoms with van der Waals surface area (Å²) in [6.07, 6.45) is 3.53. The molecule has 0 heterocycles. The van der Waals surface area contributed by atoms with Gasteiger partial charge in [-0.2, -0.15) is 0 Å². The number of rotatable bonds is 7. The molecule has 1 rings (SSSR count). The summed E-state index contributed by atoms with van der Waals surface area (Å²) in [5.74, 6) is 0.423. The van der Waals surface area contributed by atoms with Crippen LogP contribution >= 0.6 is 0 Å². The van der Waals surface area contributed by atoms with Gasteiger partial charge in [0.25, 0.3) is 0 Å². The zero-order valence-electron chi connectivity index (χ0n) is 9.19. The zero-order valence-corrected chi connectivity index (χ0v) is 12.5. The second-order valence-corrected chi connectivity index (χ2v) is 5.18. The van der Waals surface area contributed by atoms with Crippen LogP contribution in [0.4, 0.5) is 0 Å². The van der Waals surface area contributed by atoms with Crippen molar-refractivity contribution in [3.05, 3.63) is 35.9 Å². The molecule has 0 bridgehead atoms. The zero-order chi connectivity index (χ0) is 10.9. The third-order valence-electron chi connectivity index (χ3n) is 2.54. The molecule has 0 aliphatic carbocycles. The van der Waals surface area contributed by atoms with Gasteiger partial charge in [-0.15, -0.1) is 0 Å². The normalized spacial score (nSPS) is 12.3.